The summed E-state index contributed by atoms with van der Waals surface area (Å²) in [6.45, 7) is 10.0. The molecule has 2 N–H and O–H groups in total. The SMILES string of the molecule is C=CCOC(=O)N1CC[C@@H](N2CCC(=CC3=C(C(=O)OC(c4ccccc4)c4ccccc4)N4C(=O)[C@H](C(=O)OC(C)(C)C)[C@H]4SC3N)C2=O)C1. The van der Waals surface area contributed by atoms with E-state index in [1.54, 1.807) is 36.6 Å². The van der Waals surface area contributed by atoms with Gasteiger partial charge in [0.15, 0.2) is 12.0 Å². The van der Waals surface area contributed by atoms with Gasteiger partial charge in [0.2, 0.25) is 11.8 Å². The Hall–Kier alpha value is -4.88. The number of likely N-dealkylation sites (tertiary alicyclic amines) is 2. The first kappa shape index (κ1) is 35.9. The third-order valence-electron chi connectivity index (χ3n) is 9.11. The van der Waals surface area contributed by atoms with Gasteiger partial charge in [-0.15, -0.1) is 11.8 Å². The monoisotopic (exact) mass is 714 g/mol. The number of ether oxygens (including phenoxy) is 3. The molecule has 6 rings (SSSR count). The normalized spacial score (nSPS) is 24.1. The third kappa shape index (κ3) is 7.45. The van der Waals surface area contributed by atoms with Crippen molar-refractivity contribution in [1.29, 1.82) is 0 Å². The molecule has 3 saturated heterocycles. The maximum Gasteiger partial charge on any atom is 0.410 e. The van der Waals surface area contributed by atoms with Crippen molar-refractivity contribution < 1.29 is 38.2 Å². The highest BCUT2D eigenvalue weighted by Crippen LogP contribution is 2.48. The summed E-state index contributed by atoms with van der Waals surface area (Å²) in [6, 6.07) is 18.2. The third-order valence-corrected chi connectivity index (χ3v) is 10.4. The topological polar surface area (TPSA) is 149 Å². The summed E-state index contributed by atoms with van der Waals surface area (Å²) < 4.78 is 16.9. The highest BCUT2D eigenvalue weighted by molar-refractivity contribution is 8.00. The Bertz CT molecular complexity index is 1730. The molecule has 1 unspecified atom stereocenters. The van der Waals surface area contributed by atoms with Gasteiger partial charge in [-0.2, -0.15) is 0 Å². The minimum atomic E-state index is -1.16. The largest absolute Gasteiger partial charge is 0.459 e. The van der Waals surface area contributed by atoms with E-state index in [9.17, 15) is 24.0 Å². The predicted molar refractivity (Wildman–Crippen MR) is 189 cm³/mol. The van der Waals surface area contributed by atoms with Crippen LogP contribution in [0.1, 0.15) is 50.8 Å². The summed E-state index contributed by atoms with van der Waals surface area (Å²) in [5.41, 5.74) is 7.88. The van der Waals surface area contributed by atoms with Crippen LogP contribution in [-0.2, 0) is 33.4 Å². The smallest absolute Gasteiger partial charge is 0.410 e. The van der Waals surface area contributed by atoms with Gasteiger partial charge in [0.25, 0.3) is 0 Å². The summed E-state index contributed by atoms with van der Waals surface area (Å²) in [6.07, 6.45) is 2.77. The van der Waals surface area contributed by atoms with Crippen molar-refractivity contribution in [2.75, 3.05) is 26.2 Å². The van der Waals surface area contributed by atoms with Gasteiger partial charge in [-0.25, -0.2) is 9.59 Å². The van der Waals surface area contributed by atoms with Crippen molar-refractivity contribution in [3.05, 3.63) is 107 Å². The van der Waals surface area contributed by atoms with Crippen LogP contribution in [0.15, 0.2) is 96.2 Å². The number of hydrogen-bond acceptors (Lipinski definition) is 10. The molecule has 0 aromatic heterocycles. The number of β-lactam (4-membered cyclic amide) rings is 1. The molecule has 0 radical (unpaired) electrons. The van der Waals surface area contributed by atoms with Gasteiger partial charge in [-0.3, -0.25) is 19.3 Å². The number of amides is 3. The highest BCUT2D eigenvalue weighted by atomic mass is 32.2. The molecule has 2 aromatic rings. The highest BCUT2D eigenvalue weighted by Gasteiger charge is 2.59. The minimum Gasteiger partial charge on any atom is -0.459 e. The molecule has 51 heavy (non-hydrogen) atoms. The Morgan fingerprint density at radius 1 is 1.02 bits per heavy atom. The number of hydrogen-bond donors (Lipinski definition) is 1. The van der Waals surface area contributed by atoms with Crippen LogP contribution in [-0.4, -0.2) is 93.2 Å². The number of benzene rings is 2. The first-order chi connectivity index (χ1) is 24.4. The Morgan fingerprint density at radius 3 is 2.27 bits per heavy atom. The molecule has 3 fully saturated rings. The molecule has 13 heteroatoms. The van der Waals surface area contributed by atoms with Gasteiger partial charge >= 0.3 is 18.0 Å². The van der Waals surface area contributed by atoms with Crippen LogP contribution in [0.4, 0.5) is 4.79 Å². The van der Waals surface area contributed by atoms with E-state index in [2.05, 4.69) is 6.58 Å². The molecule has 0 spiro atoms. The summed E-state index contributed by atoms with van der Waals surface area (Å²) in [5, 5.41) is -1.69. The van der Waals surface area contributed by atoms with Crippen LogP contribution in [0.25, 0.3) is 0 Å². The summed E-state index contributed by atoms with van der Waals surface area (Å²) in [4.78, 5) is 72.1. The standard InChI is InChI=1S/C38H42N4O8S/c1-5-20-48-37(47)40-18-17-26(22-40)41-19-16-25(32(41)43)21-27-29(42-33(44)28(34(42)51-31(27)39)35(45)50-38(2,3)4)36(46)49-30(23-12-8-6-9-13-23)24-14-10-7-11-15-24/h5-15,21,26,28,30-31,34H,1,16-20,22,39H2,2-4H3/t26-,28+,31?,34-/m1/s1. The van der Waals surface area contributed by atoms with Gasteiger partial charge in [0.05, 0.1) is 11.4 Å². The Balaban J connectivity index is 1.33. The molecule has 12 nitrogen and oxygen atoms in total. The number of esters is 2. The van der Waals surface area contributed by atoms with Gasteiger partial charge < -0.3 is 29.7 Å². The molecule has 4 atom stereocenters. The number of thioether (sulfide) groups is 1. The lowest BCUT2D eigenvalue weighted by molar-refractivity contribution is -0.175. The van der Waals surface area contributed by atoms with Crippen molar-refractivity contribution in [2.45, 2.75) is 62.1 Å². The first-order valence-corrected chi connectivity index (χ1v) is 17.9. The molecule has 4 heterocycles. The van der Waals surface area contributed by atoms with E-state index in [4.69, 9.17) is 19.9 Å². The molecule has 268 valence electrons. The predicted octanol–water partition coefficient (Wildman–Crippen LogP) is 4.29. The quantitative estimate of drug-likeness (QED) is 0.0997. The molecule has 0 saturated carbocycles. The average Bonchev–Trinajstić information content (AvgIpc) is 3.73. The van der Waals surface area contributed by atoms with Gasteiger partial charge in [0, 0.05) is 30.8 Å². The number of carbonyl (C=O) groups is 5. The lowest BCUT2D eigenvalue weighted by atomic mass is 9.94. The second-order valence-electron chi connectivity index (χ2n) is 13.7. The summed E-state index contributed by atoms with van der Waals surface area (Å²) in [7, 11) is 0. The zero-order chi connectivity index (χ0) is 36.4. The molecule has 2 aromatic carbocycles. The number of rotatable bonds is 9. The minimum absolute atomic E-state index is 0.101. The van der Waals surface area contributed by atoms with Crippen LogP contribution in [0.2, 0.25) is 0 Å². The van der Waals surface area contributed by atoms with Gasteiger partial charge in [0.1, 0.15) is 23.3 Å². The van der Waals surface area contributed by atoms with E-state index in [-0.39, 0.29) is 29.8 Å². The van der Waals surface area contributed by atoms with E-state index < -0.39 is 52.3 Å². The molecule has 0 aliphatic carbocycles. The number of nitrogens with two attached hydrogens (primary N) is 1. The molecule has 4 aliphatic heterocycles. The zero-order valence-corrected chi connectivity index (χ0v) is 29.7. The van der Waals surface area contributed by atoms with E-state index in [0.29, 0.717) is 49.2 Å². The second kappa shape index (κ2) is 14.8. The van der Waals surface area contributed by atoms with E-state index in [1.807, 2.05) is 60.7 Å². The zero-order valence-electron chi connectivity index (χ0n) is 28.9. The van der Waals surface area contributed by atoms with Crippen LogP contribution < -0.4 is 5.73 Å². The van der Waals surface area contributed by atoms with Crippen molar-refractivity contribution >= 4 is 41.6 Å². The summed E-state index contributed by atoms with van der Waals surface area (Å²) >= 11 is 1.15. The number of nitrogens with zero attached hydrogens (tertiary/aromatic N) is 3. The average molecular weight is 715 g/mol. The molecule has 3 amide bonds. The lowest BCUT2D eigenvalue weighted by Crippen LogP contribution is -2.66. The Morgan fingerprint density at radius 2 is 1.67 bits per heavy atom. The van der Waals surface area contributed by atoms with Gasteiger partial charge in [-0.05, 0) is 50.8 Å². The lowest BCUT2D eigenvalue weighted by Gasteiger charge is -2.50. The molecule has 0 bridgehead atoms. The van der Waals surface area contributed by atoms with Crippen LogP contribution in [0.5, 0.6) is 0 Å². The van der Waals surface area contributed by atoms with Crippen LogP contribution in [0, 0.1) is 5.92 Å². The Labute approximate surface area is 301 Å². The van der Waals surface area contributed by atoms with Crippen LogP contribution in [0.3, 0.4) is 0 Å². The maximum absolute atomic E-state index is 14.4. The summed E-state index contributed by atoms with van der Waals surface area (Å²) in [5.74, 6) is -3.53. The van der Waals surface area contributed by atoms with Crippen molar-refractivity contribution in [1.82, 2.24) is 14.7 Å². The van der Waals surface area contributed by atoms with Crippen molar-refractivity contribution in [3.63, 3.8) is 0 Å². The molecular weight excluding hydrogens is 673 g/mol. The fourth-order valence-electron chi connectivity index (χ4n) is 6.72. The van der Waals surface area contributed by atoms with E-state index in [1.165, 1.54) is 11.0 Å². The van der Waals surface area contributed by atoms with E-state index in [0.717, 1.165) is 11.8 Å². The Kier molecular flexibility index (Phi) is 10.4. The first-order valence-electron chi connectivity index (χ1n) is 16.9. The van der Waals surface area contributed by atoms with Crippen molar-refractivity contribution in [3.8, 4) is 0 Å². The second-order valence-corrected chi connectivity index (χ2v) is 15.0. The molecular formula is C38H42N4O8S. The number of carbonyl (C=O) groups excluding carboxylic acids is 5. The van der Waals surface area contributed by atoms with E-state index >= 15 is 0 Å². The number of fused-ring (bicyclic) bond motifs is 1. The van der Waals surface area contributed by atoms with Crippen molar-refractivity contribution in [2.24, 2.45) is 11.7 Å². The van der Waals surface area contributed by atoms with Gasteiger partial charge in [-0.1, -0.05) is 73.3 Å². The fraction of sp³-hybridized carbons (Fsp3) is 0.395. The fourth-order valence-corrected chi connectivity index (χ4v) is 8.06. The van der Waals surface area contributed by atoms with Crippen LogP contribution >= 0.6 is 11.8 Å². The maximum atomic E-state index is 14.4. The molecule has 4 aliphatic rings.